The molecular weight excluding hydrogens is 254 g/mol. The number of hydrogen-bond acceptors (Lipinski definition) is 5. The molecular formula is C15H19N3O2. The Labute approximate surface area is 118 Å². The van der Waals surface area contributed by atoms with Crippen LogP contribution in [0.25, 0.3) is 0 Å². The molecule has 106 valence electrons. The molecule has 1 aromatic carbocycles. The highest BCUT2D eigenvalue weighted by Crippen LogP contribution is 2.41. The zero-order chi connectivity index (χ0) is 14.3. The van der Waals surface area contributed by atoms with Crippen LogP contribution in [0.1, 0.15) is 44.0 Å². The zero-order valence-electron chi connectivity index (χ0n) is 12.0. The molecule has 3 rings (SSSR count). The summed E-state index contributed by atoms with van der Waals surface area (Å²) in [5.74, 6) is 2.19. The van der Waals surface area contributed by atoms with Crippen molar-refractivity contribution < 1.29 is 9.26 Å². The van der Waals surface area contributed by atoms with Crippen molar-refractivity contribution in [2.45, 2.75) is 32.2 Å². The Kier molecular flexibility index (Phi) is 3.01. The predicted octanol–water partition coefficient (Wildman–Crippen LogP) is 2.42. The summed E-state index contributed by atoms with van der Waals surface area (Å²) >= 11 is 0. The highest BCUT2D eigenvalue weighted by molar-refractivity contribution is 5.45. The van der Waals surface area contributed by atoms with E-state index in [1.165, 1.54) is 0 Å². The lowest BCUT2D eigenvalue weighted by molar-refractivity contribution is 0.160. The van der Waals surface area contributed by atoms with E-state index < -0.39 is 5.54 Å². The molecule has 20 heavy (non-hydrogen) atoms. The maximum absolute atomic E-state index is 6.68. The van der Waals surface area contributed by atoms with Gasteiger partial charge in [-0.3, -0.25) is 0 Å². The van der Waals surface area contributed by atoms with Gasteiger partial charge in [0.15, 0.2) is 5.82 Å². The lowest BCUT2D eigenvalue weighted by Crippen LogP contribution is -2.50. The SMILES string of the molecule is CC(C)c1nc(C2(N)c3ccccc3OCC2C)no1. The fourth-order valence-electron chi connectivity index (χ4n) is 2.52. The first kappa shape index (κ1) is 13.1. The number of nitrogens with zero attached hydrogens (tertiary/aromatic N) is 2. The van der Waals surface area contributed by atoms with Gasteiger partial charge in [0, 0.05) is 17.4 Å². The highest BCUT2D eigenvalue weighted by atomic mass is 16.5. The average molecular weight is 273 g/mol. The van der Waals surface area contributed by atoms with Crippen LogP contribution in [0.4, 0.5) is 0 Å². The van der Waals surface area contributed by atoms with Crippen LogP contribution >= 0.6 is 0 Å². The topological polar surface area (TPSA) is 74.2 Å². The van der Waals surface area contributed by atoms with E-state index in [0.717, 1.165) is 11.3 Å². The van der Waals surface area contributed by atoms with Crippen molar-refractivity contribution in [2.24, 2.45) is 11.7 Å². The van der Waals surface area contributed by atoms with E-state index in [1.54, 1.807) is 0 Å². The lowest BCUT2D eigenvalue weighted by Gasteiger charge is -2.38. The third kappa shape index (κ3) is 1.81. The summed E-state index contributed by atoms with van der Waals surface area (Å²) in [6.07, 6.45) is 0. The van der Waals surface area contributed by atoms with E-state index in [4.69, 9.17) is 15.0 Å². The molecule has 2 N–H and O–H groups in total. The molecule has 1 aliphatic rings. The molecule has 0 fully saturated rings. The molecule has 2 unspecified atom stereocenters. The Morgan fingerprint density at radius 1 is 1.35 bits per heavy atom. The summed E-state index contributed by atoms with van der Waals surface area (Å²) in [6.45, 7) is 6.62. The number of para-hydroxylation sites is 1. The van der Waals surface area contributed by atoms with E-state index in [2.05, 4.69) is 10.1 Å². The Bertz CT molecular complexity index is 623. The number of hydrogen-bond donors (Lipinski definition) is 1. The standard InChI is InChI=1S/C15H19N3O2/c1-9(2)13-17-14(18-20-13)15(16)10(3)8-19-12-7-5-4-6-11(12)15/h4-7,9-10H,8,16H2,1-3H3. The molecule has 1 aromatic heterocycles. The smallest absolute Gasteiger partial charge is 0.229 e. The average Bonchev–Trinajstić information content (AvgIpc) is 2.94. The van der Waals surface area contributed by atoms with Gasteiger partial charge in [0.2, 0.25) is 5.89 Å². The van der Waals surface area contributed by atoms with Gasteiger partial charge in [0.05, 0.1) is 6.61 Å². The highest BCUT2D eigenvalue weighted by Gasteiger charge is 2.45. The van der Waals surface area contributed by atoms with Crippen molar-refractivity contribution in [3.8, 4) is 5.75 Å². The van der Waals surface area contributed by atoms with Crippen molar-refractivity contribution in [3.63, 3.8) is 0 Å². The van der Waals surface area contributed by atoms with Gasteiger partial charge in [-0.1, -0.05) is 44.1 Å². The van der Waals surface area contributed by atoms with E-state index in [0.29, 0.717) is 18.3 Å². The normalized spacial score (nSPS) is 25.4. The summed E-state index contributed by atoms with van der Waals surface area (Å²) in [6, 6.07) is 7.78. The second kappa shape index (κ2) is 4.59. The molecule has 0 spiro atoms. The fourth-order valence-corrected chi connectivity index (χ4v) is 2.52. The lowest BCUT2D eigenvalue weighted by atomic mass is 9.77. The van der Waals surface area contributed by atoms with Gasteiger partial charge < -0.3 is 15.0 Å². The molecule has 2 heterocycles. The minimum Gasteiger partial charge on any atom is -0.493 e. The Hall–Kier alpha value is -1.88. The van der Waals surface area contributed by atoms with Gasteiger partial charge in [0.1, 0.15) is 11.3 Å². The van der Waals surface area contributed by atoms with Gasteiger partial charge in [-0.2, -0.15) is 4.98 Å². The molecule has 2 atom stereocenters. The number of fused-ring (bicyclic) bond motifs is 1. The minimum absolute atomic E-state index is 0.0648. The van der Waals surface area contributed by atoms with Crippen LogP contribution in [-0.4, -0.2) is 16.7 Å². The molecule has 0 saturated heterocycles. The van der Waals surface area contributed by atoms with E-state index in [-0.39, 0.29) is 11.8 Å². The molecule has 0 amide bonds. The van der Waals surface area contributed by atoms with Crippen LogP contribution < -0.4 is 10.5 Å². The first-order valence-corrected chi connectivity index (χ1v) is 6.88. The third-order valence-electron chi connectivity index (χ3n) is 3.90. The number of rotatable bonds is 2. The number of benzene rings is 1. The summed E-state index contributed by atoms with van der Waals surface area (Å²) in [5, 5.41) is 4.12. The molecule has 0 saturated carbocycles. The van der Waals surface area contributed by atoms with Crippen LogP contribution in [0.3, 0.4) is 0 Å². The fraction of sp³-hybridized carbons (Fsp3) is 0.467. The predicted molar refractivity (Wildman–Crippen MR) is 74.5 cm³/mol. The van der Waals surface area contributed by atoms with Crippen molar-refractivity contribution in [1.29, 1.82) is 0 Å². The number of aromatic nitrogens is 2. The number of nitrogens with two attached hydrogens (primary N) is 1. The molecule has 1 aliphatic heterocycles. The van der Waals surface area contributed by atoms with Crippen molar-refractivity contribution in [3.05, 3.63) is 41.5 Å². The second-order valence-electron chi connectivity index (χ2n) is 5.69. The first-order chi connectivity index (χ1) is 9.53. The molecule has 0 radical (unpaired) electrons. The van der Waals surface area contributed by atoms with Crippen LogP contribution in [0.15, 0.2) is 28.8 Å². The molecule has 5 heteroatoms. The van der Waals surface area contributed by atoms with Crippen molar-refractivity contribution in [2.75, 3.05) is 6.61 Å². The number of ether oxygens (including phenoxy) is 1. The van der Waals surface area contributed by atoms with E-state index in [1.807, 2.05) is 45.0 Å². The largest absolute Gasteiger partial charge is 0.493 e. The van der Waals surface area contributed by atoms with Crippen molar-refractivity contribution >= 4 is 0 Å². The first-order valence-electron chi connectivity index (χ1n) is 6.88. The van der Waals surface area contributed by atoms with Gasteiger partial charge in [-0.25, -0.2) is 0 Å². The molecule has 2 aromatic rings. The Balaban J connectivity index is 2.13. The molecule has 0 aliphatic carbocycles. The van der Waals surface area contributed by atoms with Crippen LogP contribution in [0.5, 0.6) is 5.75 Å². The van der Waals surface area contributed by atoms with Crippen molar-refractivity contribution in [1.82, 2.24) is 10.1 Å². The van der Waals surface area contributed by atoms with Gasteiger partial charge in [-0.05, 0) is 6.07 Å². The maximum atomic E-state index is 6.68. The zero-order valence-corrected chi connectivity index (χ0v) is 12.0. The second-order valence-corrected chi connectivity index (χ2v) is 5.69. The summed E-state index contributed by atoms with van der Waals surface area (Å²) in [4.78, 5) is 4.50. The minimum atomic E-state index is -0.772. The quantitative estimate of drug-likeness (QED) is 0.909. The molecule has 5 nitrogen and oxygen atoms in total. The Morgan fingerprint density at radius 2 is 2.10 bits per heavy atom. The van der Waals surface area contributed by atoms with Crippen LogP contribution in [-0.2, 0) is 5.54 Å². The Morgan fingerprint density at radius 3 is 2.80 bits per heavy atom. The van der Waals surface area contributed by atoms with Gasteiger partial charge in [0.25, 0.3) is 0 Å². The van der Waals surface area contributed by atoms with E-state index in [9.17, 15) is 0 Å². The van der Waals surface area contributed by atoms with E-state index >= 15 is 0 Å². The van der Waals surface area contributed by atoms with Crippen LogP contribution in [0.2, 0.25) is 0 Å². The summed E-state index contributed by atoms with van der Waals surface area (Å²) < 4.78 is 11.1. The third-order valence-corrected chi connectivity index (χ3v) is 3.90. The molecule has 0 bridgehead atoms. The monoisotopic (exact) mass is 273 g/mol. The summed E-state index contributed by atoms with van der Waals surface area (Å²) in [7, 11) is 0. The maximum Gasteiger partial charge on any atom is 0.229 e. The van der Waals surface area contributed by atoms with Gasteiger partial charge >= 0.3 is 0 Å². The van der Waals surface area contributed by atoms with Crippen LogP contribution in [0, 0.1) is 5.92 Å². The summed E-state index contributed by atoms with van der Waals surface area (Å²) in [5.41, 5.74) is 6.82. The van der Waals surface area contributed by atoms with Gasteiger partial charge in [-0.15, -0.1) is 0 Å².